The van der Waals surface area contributed by atoms with Crippen LogP contribution in [0.3, 0.4) is 0 Å². The fraction of sp³-hybridized carbons (Fsp3) is 0.450. The molecule has 1 saturated carbocycles. The number of nitrogens with zero attached hydrogens (tertiary/aromatic N) is 2. The van der Waals surface area contributed by atoms with Gasteiger partial charge < -0.3 is 10.2 Å². The van der Waals surface area contributed by atoms with E-state index in [1.54, 1.807) is 4.90 Å². The first kappa shape index (κ1) is 19.5. The zero-order valence-electron chi connectivity index (χ0n) is 15.6. The molecule has 144 valence electrons. The number of benzene rings is 1. The highest BCUT2D eigenvalue weighted by Gasteiger charge is 2.28. The van der Waals surface area contributed by atoms with Crippen LogP contribution in [0.1, 0.15) is 53.0 Å². The number of carbonyl (C=O) groups excluding carboxylic acids is 2. The zero-order chi connectivity index (χ0) is 19.4. The number of nitrogens with one attached hydrogen (secondary N) is 1. The summed E-state index contributed by atoms with van der Waals surface area (Å²) in [7, 11) is 0. The molecule has 0 atom stereocenters. The Bertz CT molecular complexity index is 794. The number of hydrogen-bond donors (Lipinski definition) is 1. The van der Waals surface area contributed by atoms with Gasteiger partial charge in [-0.2, -0.15) is 0 Å². The van der Waals surface area contributed by atoms with Crippen molar-refractivity contribution < 1.29 is 14.0 Å². The summed E-state index contributed by atoms with van der Waals surface area (Å²) in [5.41, 5.74) is 1.29. The third-order valence-electron chi connectivity index (χ3n) is 4.96. The number of halogens is 1. The summed E-state index contributed by atoms with van der Waals surface area (Å²) in [6.45, 7) is 3.82. The van der Waals surface area contributed by atoms with Crippen LogP contribution in [0, 0.1) is 19.7 Å². The lowest BCUT2D eigenvalue weighted by molar-refractivity contribution is -0.117. The maximum absolute atomic E-state index is 13.2. The number of aryl methyl sites for hydroxylation is 2. The predicted molar refractivity (Wildman–Crippen MR) is 105 cm³/mol. The van der Waals surface area contributed by atoms with Gasteiger partial charge in [0.05, 0.1) is 5.69 Å². The highest BCUT2D eigenvalue weighted by atomic mass is 32.1. The van der Waals surface area contributed by atoms with Gasteiger partial charge in [-0.25, -0.2) is 9.37 Å². The monoisotopic (exact) mass is 389 g/mol. The molecule has 1 aromatic heterocycles. The molecule has 0 saturated heterocycles. The van der Waals surface area contributed by atoms with Crippen LogP contribution in [0.25, 0.3) is 0 Å². The van der Waals surface area contributed by atoms with Gasteiger partial charge in [-0.15, -0.1) is 11.3 Å². The van der Waals surface area contributed by atoms with E-state index in [2.05, 4.69) is 10.3 Å². The number of hydrogen-bond acceptors (Lipinski definition) is 4. The van der Waals surface area contributed by atoms with Gasteiger partial charge >= 0.3 is 0 Å². The average molecular weight is 389 g/mol. The molecular formula is C20H24FN3O2S. The molecule has 1 N–H and O–H groups in total. The van der Waals surface area contributed by atoms with Crippen LogP contribution in [-0.2, 0) is 4.79 Å². The normalized spacial score (nSPS) is 14.8. The summed E-state index contributed by atoms with van der Waals surface area (Å²) in [6.07, 6.45) is 5.01. The van der Waals surface area contributed by atoms with Crippen LogP contribution in [0.2, 0.25) is 0 Å². The molecule has 1 aliphatic rings. The van der Waals surface area contributed by atoms with Crippen molar-refractivity contribution >= 4 is 28.3 Å². The van der Waals surface area contributed by atoms with E-state index in [0.717, 1.165) is 42.7 Å². The molecule has 3 rings (SSSR count). The second-order valence-electron chi connectivity index (χ2n) is 6.94. The lowest BCUT2D eigenvalue weighted by Crippen LogP contribution is -2.45. The van der Waals surface area contributed by atoms with Crippen LogP contribution < -0.4 is 5.32 Å². The Balaban J connectivity index is 1.75. The van der Waals surface area contributed by atoms with Gasteiger partial charge in [-0.1, -0.05) is 19.3 Å². The van der Waals surface area contributed by atoms with Crippen molar-refractivity contribution in [3.8, 4) is 0 Å². The van der Waals surface area contributed by atoms with Gasteiger partial charge in [-0.3, -0.25) is 9.59 Å². The Kier molecular flexibility index (Phi) is 6.21. The Hall–Kier alpha value is -2.28. The molecule has 1 aromatic carbocycles. The highest BCUT2D eigenvalue weighted by molar-refractivity contribution is 7.15. The van der Waals surface area contributed by atoms with Crippen molar-refractivity contribution in [3.63, 3.8) is 0 Å². The molecule has 2 aromatic rings. The summed E-state index contributed by atoms with van der Waals surface area (Å²) in [4.78, 5) is 32.6. The van der Waals surface area contributed by atoms with Gasteiger partial charge in [0.2, 0.25) is 5.91 Å². The number of carbonyl (C=O) groups is 2. The van der Waals surface area contributed by atoms with Crippen molar-refractivity contribution in [2.45, 2.75) is 52.0 Å². The Morgan fingerprint density at radius 2 is 1.85 bits per heavy atom. The molecule has 0 spiro atoms. The van der Waals surface area contributed by atoms with E-state index in [-0.39, 0.29) is 30.2 Å². The molecule has 1 aliphatic carbocycles. The molecule has 1 fully saturated rings. The first-order valence-corrected chi connectivity index (χ1v) is 10.1. The highest BCUT2D eigenvalue weighted by Crippen LogP contribution is 2.25. The Morgan fingerprint density at radius 3 is 2.44 bits per heavy atom. The number of aromatic nitrogens is 1. The van der Waals surface area contributed by atoms with Gasteiger partial charge in [0.1, 0.15) is 12.4 Å². The van der Waals surface area contributed by atoms with Crippen LogP contribution in [0.4, 0.5) is 9.52 Å². The molecule has 1 heterocycles. The second-order valence-corrected chi connectivity index (χ2v) is 8.14. The summed E-state index contributed by atoms with van der Waals surface area (Å²) in [5, 5.41) is 3.35. The molecule has 0 unspecified atom stereocenters. The number of amides is 2. The van der Waals surface area contributed by atoms with Crippen LogP contribution in [0.5, 0.6) is 0 Å². The quantitative estimate of drug-likeness (QED) is 0.829. The maximum atomic E-state index is 13.2. The smallest absolute Gasteiger partial charge is 0.254 e. The first-order valence-electron chi connectivity index (χ1n) is 9.24. The van der Waals surface area contributed by atoms with Gasteiger partial charge in [0.25, 0.3) is 5.91 Å². The minimum Gasteiger partial charge on any atom is -0.326 e. The average Bonchev–Trinajstić information content (AvgIpc) is 2.97. The van der Waals surface area contributed by atoms with Crippen molar-refractivity contribution in [1.29, 1.82) is 0 Å². The fourth-order valence-corrected chi connectivity index (χ4v) is 4.19. The SMILES string of the molecule is Cc1nc(NC(=O)CN(C(=O)c2ccc(F)cc2)C2CCCCC2)sc1C. The minimum atomic E-state index is -0.386. The summed E-state index contributed by atoms with van der Waals surface area (Å²) < 4.78 is 13.2. The summed E-state index contributed by atoms with van der Waals surface area (Å²) in [6, 6.07) is 5.51. The van der Waals surface area contributed by atoms with E-state index >= 15 is 0 Å². The van der Waals surface area contributed by atoms with E-state index in [1.165, 1.54) is 35.6 Å². The predicted octanol–water partition coefficient (Wildman–Crippen LogP) is 4.31. The van der Waals surface area contributed by atoms with E-state index in [9.17, 15) is 14.0 Å². The Morgan fingerprint density at radius 1 is 1.19 bits per heavy atom. The van der Waals surface area contributed by atoms with Gasteiger partial charge in [0.15, 0.2) is 5.13 Å². The van der Waals surface area contributed by atoms with Crippen molar-refractivity contribution in [1.82, 2.24) is 9.88 Å². The third-order valence-corrected chi connectivity index (χ3v) is 5.94. The molecule has 0 radical (unpaired) electrons. The molecular weight excluding hydrogens is 365 g/mol. The number of rotatable bonds is 5. The standard InChI is InChI=1S/C20H24FN3O2S/c1-13-14(2)27-20(22-13)23-18(25)12-24(17-6-4-3-5-7-17)19(26)15-8-10-16(21)11-9-15/h8-11,17H,3-7,12H2,1-2H3,(H,22,23,25). The van der Waals surface area contributed by atoms with Crippen molar-refractivity contribution in [2.24, 2.45) is 0 Å². The summed E-state index contributed by atoms with van der Waals surface area (Å²) >= 11 is 1.42. The largest absolute Gasteiger partial charge is 0.326 e. The maximum Gasteiger partial charge on any atom is 0.254 e. The van der Waals surface area contributed by atoms with E-state index in [4.69, 9.17) is 0 Å². The van der Waals surface area contributed by atoms with E-state index < -0.39 is 0 Å². The number of thiazole rings is 1. The first-order chi connectivity index (χ1) is 12.9. The van der Waals surface area contributed by atoms with Crippen molar-refractivity contribution in [2.75, 3.05) is 11.9 Å². The molecule has 5 nitrogen and oxygen atoms in total. The number of anilines is 1. The van der Waals surface area contributed by atoms with Crippen LogP contribution in [0.15, 0.2) is 24.3 Å². The molecule has 7 heteroatoms. The second kappa shape index (κ2) is 8.61. The molecule has 0 bridgehead atoms. The molecule has 2 amide bonds. The van der Waals surface area contributed by atoms with Crippen LogP contribution >= 0.6 is 11.3 Å². The van der Waals surface area contributed by atoms with Gasteiger partial charge in [-0.05, 0) is 51.0 Å². The minimum absolute atomic E-state index is 0.0292. The lowest BCUT2D eigenvalue weighted by atomic mass is 9.93. The van der Waals surface area contributed by atoms with Crippen LogP contribution in [-0.4, -0.2) is 34.3 Å². The molecule has 27 heavy (non-hydrogen) atoms. The van der Waals surface area contributed by atoms with E-state index in [1.807, 2.05) is 13.8 Å². The molecule has 0 aliphatic heterocycles. The summed E-state index contributed by atoms with van der Waals surface area (Å²) in [5.74, 6) is -0.878. The lowest BCUT2D eigenvalue weighted by Gasteiger charge is -2.34. The topological polar surface area (TPSA) is 62.3 Å². The third kappa shape index (κ3) is 4.91. The fourth-order valence-electron chi connectivity index (χ4n) is 3.36. The zero-order valence-corrected chi connectivity index (χ0v) is 16.4. The van der Waals surface area contributed by atoms with Crippen molar-refractivity contribution in [3.05, 3.63) is 46.2 Å². The van der Waals surface area contributed by atoms with E-state index in [0.29, 0.717) is 10.7 Å². The Labute approximate surface area is 162 Å². The van der Waals surface area contributed by atoms with Gasteiger partial charge in [0, 0.05) is 16.5 Å².